The summed E-state index contributed by atoms with van der Waals surface area (Å²) in [7, 11) is 0. The number of halogens is 1. The minimum atomic E-state index is -0.977. The van der Waals surface area contributed by atoms with E-state index in [1.54, 1.807) is 12.2 Å². The number of nitrogens with zero attached hydrogens (tertiary/aromatic N) is 3. The van der Waals surface area contributed by atoms with Gasteiger partial charge in [-0.15, -0.1) is 0 Å². The van der Waals surface area contributed by atoms with Crippen molar-refractivity contribution in [3.8, 4) is 0 Å². The maximum atomic E-state index is 12.8. The van der Waals surface area contributed by atoms with Gasteiger partial charge in [-0.05, 0) is 25.3 Å². The molecule has 11 heteroatoms. The van der Waals surface area contributed by atoms with Crippen molar-refractivity contribution in [1.29, 1.82) is 0 Å². The molecule has 32 heavy (non-hydrogen) atoms. The summed E-state index contributed by atoms with van der Waals surface area (Å²) in [6.07, 6.45) is 5.57. The van der Waals surface area contributed by atoms with Crippen LogP contribution in [-0.2, 0) is 14.4 Å². The first-order valence-corrected chi connectivity index (χ1v) is 11.5. The summed E-state index contributed by atoms with van der Waals surface area (Å²) in [6, 6.07) is -0.545. The summed E-state index contributed by atoms with van der Waals surface area (Å²) < 4.78 is 0. The smallest absolute Gasteiger partial charge is 0.305 e. The molecule has 3 aliphatic rings. The number of hydrogen-bond acceptors (Lipinski definition) is 7. The molecular formula is C21H31ClN6O4. The molecule has 10 nitrogen and oxygen atoms in total. The van der Waals surface area contributed by atoms with Crippen LogP contribution < -0.4 is 16.0 Å². The number of carbonyl (C=O) groups is 3. The molecular weight excluding hydrogens is 436 g/mol. The third-order valence-corrected chi connectivity index (χ3v) is 6.17. The number of aliphatic carboxylic acids is 1. The van der Waals surface area contributed by atoms with Crippen LogP contribution in [0, 0.1) is 11.8 Å². The molecule has 3 heterocycles. The van der Waals surface area contributed by atoms with E-state index in [9.17, 15) is 19.5 Å². The molecule has 0 aliphatic carbocycles. The monoisotopic (exact) mass is 466 g/mol. The molecule has 1 fully saturated rings. The van der Waals surface area contributed by atoms with Gasteiger partial charge in [0.2, 0.25) is 11.8 Å². The SMILES string of the molecule is O=C(O)C[C@H](NC(=O)C1CCN(C(=O)CCCNC2=NCCN2)CC1)C1C=CC(Cl)=NC1. The highest BCUT2D eigenvalue weighted by atomic mass is 35.5. The van der Waals surface area contributed by atoms with E-state index in [1.807, 2.05) is 4.90 Å². The Hall–Kier alpha value is -2.62. The molecule has 1 saturated heterocycles. The third kappa shape index (κ3) is 7.22. The van der Waals surface area contributed by atoms with Crippen LogP contribution in [-0.4, -0.2) is 84.2 Å². The second kappa shape index (κ2) is 11.8. The van der Waals surface area contributed by atoms with E-state index in [0.717, 1.165) is 25.5 Å². The highest BCUT2D eigenvalue weighted by Gasteiger charge is 2.31. The van der Waals surface area contributed by atoms with Gasteiger partial charge in [-0.2, -0.15) is 0 Å². The lowest BCUT2D eigenvalue weighted by Gasteiger charge is -2.33. The number of hydrogen-bond donors (Lipinski definition) is 4. The van der Waals surface area contributed by atoms with Crippen molar-refractivity contribution in [2.45, 2.75) is 38.1 Å². The minimum Gasteiger partial charge on any atom is -0.481 e. The third-order valence-electron chi connectivity index (χ3n) is 5.93. The standard InChI is InChI=1S/C21H31ClN6O4/c22-17-4-3-15(13-26-17)16(12-19(30)31)27-20(32)14-5-10-28(11-6-14)18(29)2-1-7-23-21-24-8-9-25-21/h3-4,14-16H,1-2,5-13H2,(H,27,32)(H,30,31)(H2,23,24,25)/t15?,16-/m0/s1. The van der Waals surface area contributed by atoms with E-state index in [4.69, 9.17) is 11.6 Å². The molecule has 3 rings (SSSR count). The highest BCUT2D eigenvalue weighted by Crippen LogP contribution is 2.21. The molecule has 2 atom stereocenters. The number of likely N-dealkylation sites (tertiary alicyclic amines) is 1. The van der Waals surface area contributed by atoms with Gasteiger partial charge in [0.1, 0.15) is 5.17 Å². The van der Waals surface area contributed by atoms with Gasteiger partial charge in [0.15, 0.2) is 5.96 Å². The zero-order valence-corrected chi connectivity index (χ0v) is 18.8. The number of allylic oxidation sites excluding steroid dienone is 1. The van der Waals surface area contributed by atoms with Crippen molar-refractivity contribution in [1.82, 2.24) is 20.9 Å². The van der Waals surface area contributed by atoms with E-state index in [2.05, 4.69) is 25.9 Å². The van der Waals surface area contributed by atoms with Crippen LogP contribution in [0.5, 0.6) is 0 Å². The Morgan fingerprint density at radius 3 is 2.69 bits per heavy atom. The average Bonchev–Trinajstić information content (AvgIpc) is 3.30. The summed E-state index contributed by atoms with van der Waals surface area (Å²) in [5.41, 5.74) is 0. The van der Waals surface area contributed by atoms with Crippen molar-refractivity contribution in [3.63, 3.8) is 0 Å². The Balaban J connectivity index is 1.40. The average molecular weight is 467 g/mol. The van der Waals surface area contributed by atoms with Crippen molar-refractivity contribution >= 4 is 40.5 Å². The first-order chi connectivity index (χ1) is 15.4. The molecule has 176 valence electrons. The molecule has 4 N–H and O–H groups in total. The number of carbonyl (C=O) groups excluding carboxylic acids is 2. The fourth-order valence-electron chi connectivity index (χ4n) is 4.08. The van der Waals surface area contributed by atoms with Gasteiger partial charge in [0.05, 0.1) is 13.0 Å². The number of piperidine rings is 1. The summed E-state index contributed by atoms with van der Waals surface area (Å²) >= 11 is 5.84. The summed E-state index contributed by atoms with van der Waals surface area (Å²) in [5.74, 6) is -0.690. The predicted molar refractivity (Wildman–Crippen MR) is 122 cm³/mol. The van der Waals surface area contributed by atoms with Crippen molar-refractivity contribution in [2.24, 2.45) is 21.8 Å². The lowest BCUT2D eigenvalue weighted by molar-refractivity contribution is -0.139. The quantitative estimate of drug-likeness (QED) is 0.362. The summed E-state index contributed by atoms with van der Waals surface area (Å²) in [6.45, 7) is 3.73. The van der Waals surface area contributed by atoms with E-state index < -0.39 is 12.0 Å². The van der Waals surface area contributed by atoms with Gasteiger partial charge in [0, 0.05) is 57.0 Å². The Morgan fingerprint density at radius 2 is 2.06 bits per heavy atom. The molecule has 0 saturated carbocycles. The van der Waals surface area contributed by atoms with Crippen LogP contribution in [0.1, 0.15) is 32.1 Å². The first-order valence-electron chi connectivity index (χ1n) is 11.1. The fourth-order valence-corrected chi connectivity index (χ4v) is 4.22. The first kappa shape index (κ1) is 24.0. The topological polar surface area (TPSA) is 135 Å². The van der Waals surface area contributed by atoms with Gasteiger partial charge < -0.3 is 26.0 Å². The summed E-state index contributed by atoms with van der Waals surface area (Å²) in [4.78, 5) is 46.7. The van der Waals surface area contributed by atoms with Gasteiger partial charge in [0.25, 0.3) is 0 Å². The molecule has 0 radical (unpaired) electrons. The van der Waals surface area contributed by atoms with Crippen LogP contribution in [0.2, 0.25) is 0 Å². The number of carboxylic acid groups (broad SMARTS) is 1. The van der Waals surface area contributed by atoms with Crippen LogP contribution >= 0.6 is 11.6 Å². The highest BCUT2D eigenvalue weighted by molar-refractivity contribution is 6.68. The Bertz CT molecular complexity index is 791. The molecule has 0 spiro atoms. The van der Waals surface area contributed by atoms with Crippen molar-refractivity contribution < 1.29 is 19.5 Å². The van der Waals surface area contributed by atoms with Crippen LogP contribution in [0.4, 0.5) is 0 Å². The van der Waals surface area contributed by atoms with Gasteiger partial charge in [-0.3, -0.25) is 24.4 Å². The molecule has 2 amide bonds. The van der Waals surface area contributed by atoms with E-state index >= 15 is 0 Å². The Kier molecular flexibility index (Phi) is 8.90. The van der Waals surface area contributed by atoms with Crippen molar-refractivity contribution in [2.75, 3.05) is 39.3 Å². The van der Waals surface area contributed by atoms with Crippen molar-refractivity contribution in [3.05, 3.63) is 12.2 Å². The second-order valence-corrected chi connectivity index (χ2v) is 8.63. The maximum absolute atomic E-state index is 12.8. The molecule has 0 aromatic rings. The Labute approximate surface area is 192 Å². The Morgan fingerprint density at radius 1 is 1.28 bits per heavy atom. The van der Waals surface area contributed by atoms with Crippen LogP contribution in [0.3, 0.4) is 0 Å². The molecule has 3 aliphatic heterocycles. The lowest BCUT2D eigenvalue weighted by Crippen LogP contribution is -2.48. The number of aliphatic imine (C=N–C) groups is 2. The number of amides is 2. The number of dihydropyridines is 1. The number of nitrogens with one attached hydrogen (secondary N) is 3. The molecule has 1 unspecified atom stereocenters. The number of carboxylic acids is 1. The largest absolute Gasteiger partial charge is 0.481 e. The van der Waals surface area contributed by atoms with Crippen LogP contribution in [0.25, 0.3) is 0 Å². The number of guanidine groups is 1. The molecule has 0 aromatic carbocycles. The predicted octanol–water partition coefficient (Wildman–Crippen LogP) is 0.337. The lowest BCUT2D eigenvalue weighted by atomic mass is 9.91. The van der Waals surface area contributed by atoms with Gasteiger partial charge in [-0.1, -0.05) is 17.7 Å². The van der Waals surface area contributed by atoms with Crippen LogP contribution in [0.15, 0.2) is 22.1 Å². The fraction of sp³-hybridized carbons (Fsp3) is 0.667. The zero-order chi connectivity index (χ0) is 22.9. The van der Waals surface area contributed by atoms with E-state index in [0.29, 0.717) is 50.6 Å². The second-order valence-electron chi connectivity index (χ2n) is 8.24. The summed E-state index contributed by atoms with van der Waals surface area (Å²) in [5, 5.41) is 18.8. The minimum absolute atomic E-state index is 0.0952. The normalized spacial score (nSPS) is 21.9. The van der Waals surface area contributed by atoms with Gasteiger partial charge in [-0.25, -0.2) is 0 Å². The molecule has 0 aromatic heterocycles. The van der Waals surface area contributed by atoms with E-state index in [1.165, 1.54) is 0 Å². The zero-order valence-electron chi connectivity index (χ0n) is 18.1. The van der Waals surface area contributed by atoms with E-state index in [-0.39, 0.29) is 30.1 Å². The molecule has 0 bridgehead atoms. The van der Waals surface area contributed by atoms with Gasteiger partial charge >= 0.3 is 5.97 Å². The number of rotatable bonds is 9. The maximum Gasteiger partial charge on any atom is 0.305 e.